The summed E-state index contributed by atoms with van der Waals surface area (Å²) in [6, 6.07) is 46.3. The highest BCUT2D eigenvalue weighted by Gasteiger charge is 2.15. The smallest absolute Gasteiger partial charge is 0.0702 e. The van der Waals surface area contributed by atoms with Crippen molar-refractivity contribution in [1.29, 1.82) is 0 Å². The van der Waals surface area contributed by atoms with Crippen molar-refractivity contribution in [2.45, 2.75) is 0 Å². The zero-order chi connectivity index (χ0) is 27.6. The maximum Gasteiger partial charge on any atom is 0.0702 e. The molecule has 0 fully saturated rings. The van der Waals surface area contributed by atoms with E-state index in [1.54, 1.807) is 0 Å². The Morgan fingerprint density at radius 3 is 1.76 bits per heavy atom. The van der Waals surface area contributed by atoms with Gasteiger partial charge in [0.05, 0.1) is 5.52 Å². The van der Waals surface area contributed by atoms with Gasteiger partial charge >= 0.3 is 0 Å². The Hall–Kier alpha value is -5.60. The molecule has 7 aromatic carbocycles. The van der Waals surface area contributed by atoms with Crippen molar-refractivity contribution in [3.05, 3.63) is 146 Å². The summed E-state index contributed by atoms with van der Waals surface area (Å²) in [5.74, 6) is 0. The van der Waals surface area contributed by atoms with Crippen LogP contribution in [0.5, 0.6) is 0 Å². The summed E-state index contributed by atoms with van der Waals surface area (Å²) in [5.41, 5.74) is 8.29. The summed E-state index contributed by atoms with van der Waals surface area (Å²) in [6.45, 7) is 0. The van der Waals surface area contributed by atoms with E-state index >= 15 is 0 Å². The molecule has 2 nitrogen and oxygen atoms in total. The molecule has 9 rings (SSSR count). The molecule has 0 saturated carbocycles. The molecule has 0 spiro atoms. The number of benzene rings is 7. The first-order chi connectivity index (χ1) is 20.8. The first-order valence-electron chi connectivity index (χ1n) is 14.3. The Bertz CT molecular complexity index is 2450. The Labute approximate surface area is 242 Å². The third-order valence-electron chi connectivity index (χ3n) is 8.75. The van der Waals surface area contributed by atoms with Gasteiger partial charge in [0.25, 0.3) is 0 Å². The monoisotopic (exact) mass is 532 g/mol. The maximum absolute atomic E-state index is 4.52. The molecule has 194 valence electrons. The molecular weight excluding hydrogens is 508 g/mol. The molecule has 0 aliphatic carbocycles. The normalized spacial score (nSPS) is 11.8. The lowest BCUT2D eigenvalue weighted by Gasteiger charge is -2.17. The minimum absolute atomic E-state index is 1.02. The lowest BCUT2D eigenvalue weighted by molar-refractivity contribution is 1.36. The molecular formula is C40H24N2. The van der Waals surface area contributed by atoms with Crippen molar-refractivity contribution < 1.29 is 0 Å². The topological polar surface area (TPSA) is 25.8 Å². The second-order valence-electron chi connectivity index (χ2n) is 11.0. The summed E-state index contributed by atoms with van der Waals surface area (Å²) in [4.78, 5) is 9.01. The molecule has 42 heavy (non-hydrogen) atoms. The lowest BCUT2D eigenvalue weighted by atomic mass is 9.87. The van der Waals surface area contributed by atoms with E-state index < -0.39 is 0 Å². The Morgan fingerprint density at radius 2 is 1.00 bits per heavy atom. The summed E-state index contributed by atoms with van der Waals surface area (Å²) >= 11 is 0. The van der Waals surface area contributed by atoms with Crippen LogP contribution in [0.2, 0.25) is 0 Å². The van der Waals surface area contributed by atoms with E-state index in [0.29, 0.717) is 0 Å². The van der Waals surface area contributed by atoms with Gasteiger partial charge in [-0.15, -0.1) is 0 Å². The van der Waals surface area contributed by atoms with E-state index in [1.165, 1.54) is 65.5 Å². The number of nitrogens with zero attached hydrogens (tertiary/aromatic N) is 2. The van der Waals surface area contributed by atoms with Crippen molar-refractivity contribution in [3.63, 3.8) is 0 Å². The number of aromatic nitrogens is 2. The number of fused-ring (bicyclic) bond motifs is 2. The van der Waals surface area contributed by atoms with E-state index in [0.717, 1.165) is 21.9 Å². The van der Waals surface area contributed by atoms with Crippen LogP contribution in [-0.4, -0.2) is 9.97 Å². The predicted molar refractivity (Wildman–Crippen MR) is 177 cm³/mol. The van der Waals surface area contributed by atoms with Crippen molar-refractivity contribution in [3.8, 4) is 33.4 Å². The first-order valence-corrected chi connectivity index (χ1v) is 14.3. The van der Waals surface area contributed by atoms with Gasteiger partial charge in [-0.25, -0.2) is 0 Å². The van der Waals surface area contributed by atoms with Gasteiger partial charge in [-0.2, -0.15) is 0 Å². The fourth-order valence-corrected chi connectivity index (χ4v) is 6.72. The van der Waals surface area contributed by atoms with Crippen molar-refractivity contribution in [1.82, 2.24) is 9.97 Å². The zero-order valence-corrected chi connectivity index (χ0v) is 22.8. The molecule has 0 radical (unpaired) electrons. The van der Waals surface area contributed by atoms with Gasteiger partial charge in [-0.05, 0) is 83.7 Å². The average Bonchev–Trinajstić information content (AvgIpc) is 3.06. The van der Waals surface area contributed by atoms with Crippen molar-refractivity contribution in [2.24, 2.45) is 0 Å². The predicted octanol–water partition coefficient (Wildman–Crippen LogP) is 10.7. The number of hydrogen-bond acceptors (Lipinski definition) is 2. The summed E-state index contributed by atoms with van der Waals surface area (Å²) < 4.78 is 0. The van der Waals surface area contributed by atoms with Gasteiger partial charge in [-0.3, -0.25) is 9.97 Å². The van der Waals surface area contributed by atoms with Gasteiger partial charge < -0.3 is 0 Å². The number of rotatable bonds is 3. The third-order valence-corrected chi connectivity index (χ3v) is 8.75. The second-order valence-corrected chi connectivity index (χ2v) is 11.0. The fraction of sp³-hybridized carbons (Fsp3) is 0. The van der Waals surface area contributed by atoms with E-state index in [9.17, 15) is 0 Å². The van der Waals surface area contributed by atoms with Crippen LogP contribution in [0.15, 0.2) is 146 Å². The van der Waals surface area contributed by atoms with Gasteiger partial charge in [0.15, 0.2) is 0 Å². The largest absolute Gasteiger partial charge is 0.263 e. The minimum Gasteiger partial charge on any atom is -0.263 e. The van der Waals surface area contributed by atoms with Gasteiger partial charge in [-0.1, -0.05) is 109 Å². The molecule has 0 unspecified atom stereocenters. The van der Waals surface area contributed by atoms with Gasteiger partial charge in [0, 0.05) is 34.9 Å². The van der Waals surface area contributed by atoms with Crippen LogP contribution in [0.4, 0.5) is 0 Å². The molecule has 0 N–H and O–H groups in total. The highest BCUT2D eigenvalue weighted by molar-refractivity contribution is 6.27. The SMILES string of the molecule is c1cnc2ccc(-c3ccc4ccc5c(-c6ccc(-c7cncc8ccccc78)cc6)ccc6ccc3c4c65)cc2c1. The highest BCUT2D eigenvalue weighted by Crippen LogP contribution is 2.43. The van der Waals surface area contributed by atoms with E-state index in [-0.39, 0.29) is 0 Å². The van der Waals surface area contributed by atoms with Crippen LogP contribution >= 0.6 is 0 Å². The molecule has 0 saturated heterocycles. The molecule has 2 heterocycles. The molecule has 0 aliphatic rings. The Kier molecular flexibility index (Phi) is 4.93. The standard InChI is InChI=1S/C40H24N2/c1-2-6-32-31(4-1)23-41-24-37(32)26-9-7-25(8-10-26)33-16-11-27-14-19-36-34(17-12-28-13-18-35(33)39(27)40(28)36)29-15-20-38-30(22-29)5-3-21-42-38/h1-24H. The second kappa shape index (κ2) is 8.95. The number of pyridine rings is 2. The molecule has 9 aromatic rings. The minimum atomic E-state index is 1.02. The molecule has 2 heteroatoms. The molecule has 0 aliphatic heterocycles. The van der Waals surface area contributed by atoms with E-state index in [1.807, 2.05) is 24.7 Å². The first kappa shape index (κ1) is 23.1. The van der Waals surface area contributed by atoms with Crippen LogP contribution in [0, 0.1) is 0 Å². The number of hydrogen-bond donors (Lipinski definition) is 0. The van der Waals surface area contributed by atoms with Gasteiger partial charge in [0.2, 0.25) is 0 Å². The molecule has 0 amide bonds. The molecule has 0 bridgehead atoms. The lowest BCUT2D eigenvalue weighted by Crippen LogP contribution is -1.90. The Balaban J connectivity index is 1.22. The van der Waals surface area contributed by atoms with Crippen LogP contribution < -0.4 is 0 Å². The third kappa shape index (κ3) is 3.45. The maximum atomic E-state index is 4.52. The van der Waals surface area contributed by atoms with Crippen LogP contribution in [0.25, 0.3) is 87.4 Å². The molecule has 2 aromatic heterocycles. The molecule has 0 atom stereocenters. The quantitative estimate of drug-likeness (QED) is 0.212. The Morgan fingerprint density at radius 1 is 0.381 bits per heavy atom. The van der Waals surface area contributed by atoms with Crippen LogP contribution in [0.1, 0.15) is 0 Å². The van der Waals surface area contributed by atoms with E-state index in [4.69, 9.17) is 0 Å². The van der Waals surface area contributed by atoms with E-state index in [2.05, 4.69) is 131 Å². The highest BCUT2D eigenvalue weighted by atomic mass is 14.6. The zero-order valence-electron chi connectivity index (χ0n) is 22.8. The van der Waals surface area contributed by atoms with Crippen molar-refractivity contribution in [2.75, 3.05) is 0 Å². The summed E-state index contributed by atoms with van der Waals surface area (Å²) in [5, 5.41) is 11.3. The summed E-state index contributed by atoms with van der Waals surface area (Å²) in [6.07, 6.45) is 5.75. The van der Waals surface area contributed by atoms with Crippen LogP contribution in [0.3, 0.4) is 0 Å². The average molecular weight is 533 g/mol. The fourth-order valence-electron chi connectivity index (χ4n) is 6.72. The van der Waals surface area contributed by atoms with Gasteiger partial charge in [0.1, 0.15) is 0 Å². The van der Waals surface area contributed by atoms with Crippen LogP contribution in [-0.2, 0) is 0 Å². The van der Waals surface area contributed by atoms with Crippen molar-refractivity contribution >= 4 is 54.0 Å². The summed E-state index contributed by atoms with van der Waals surface area (Å²) in [7, 11) is 0.